The third-order valence-corrected chi connectivity index (χ3v) is 7.50. The molecule has 0 spiro atoms. The Morgan fingerprint density at radius 3 is 2.44 bits per heavy atom. The standard InChI is InChI=1S/C26H31NO6S/c1-19-13-15-21(16-14-19)34(31,32)27-23-17-18-24(33-26(30)20-9-5-4-6-10-20)22(23)11-7-2-3-8-12-25(28)29/h2,4-7,9-10,13-16,22-24,27H,3,8,11-12,17-18H2,1H3,(H,28,29)/b7-2-/t22-,23+,24+/m1/s1. The number of esters is 1. The fourth-order valence-electron chi connectivity index (χ4n) is 4.15. The summed E-state index contributed by atoms with van der Waals surface area (Å²) in [6, 6.07) is 15.0. The Kier molecular flexibility index (Phi) is 9.01. The number of carbonyl (C=O) groups is 2. The first-order chi connectivity index (χ1) is 16.3. The number of carbonyl (C=O) groups excluding carboxylic acids is 1. The number of benzene rings is 2. The van der Waals surface area contributed by atoms with Gasteiger partial charge in [-0.15, -0.1) is 0 Å². The lowest BCUT2D eigenvalue weighted by Crippen LogP contribution is -2.40. The molecule has 0 bridgehead atoms. The van der Waals surface area contributed by atoms with Crippen LogP contribution in [0.15, 0.2) is 71.6 Å². The van der Waals surface area contributed by atoms with Gasteiger partial charge in [0.05, 0.1) is 10.5 Å². The first kappa shape index (κ1) is 25.6. The van der Waals surface area contributed by atoms with Crippen LogP contribution in [0.3, 0.4) is 0 Å². The van der Waals surface area contributed by atoms with Crippen LogP contribution in [0.5, 0.6) is 0 Å². The molecule has 0 amide bonds. The Labute approximate surface area is 200 Å². The smallest absolute Gasteiger partial charge is 0.338 e. The molecule has 3 rings (SSSR count). The molecule has 2 aromatic rings. The number of allylic oxidation sites excluding steroid dienone is 2. The maximum Gasteiger partial charge on any atom is 0.338 e. The fraction of sp³-hybridized carbons (Fsp3) is 0.385. The van der Waals surface area contributed by atoms with Crippen molar-refractivity contribution in [2.24, 2.45) is 5.92 Å². The minimum absolute atomic E-state index is 0.101. The highest BCUT2D eigenvalue weighted by atomic mass is 32.2. The summed E-state index contributed by atoms with van der Waals surface area (Å²) in [7, 11) is -3.73. The van der Waals surface area contributed by atoms with E-state index in [4.69, 9.17) is 9.84 Å². The van der Waals surface area contributed by atoms with E-state index in [-0.39, 0.29) is 23.3 Å². The quantitative estimate of drug-likeness (QED) is 0.276. The van der Waals surface area contributed by atoms with Gasteiger partial charge in [-0.2, -0.15) is 0 Å². The van der Waals surface area contributed by atoms with E-state index in [1.807, 2.05) is 25.1 Å². The van der Waals surface area contributed by atoms with Gasteiger partial charge < -0.3 is 9.84 Å². The second-order valence-electron chi connectivity index (χ2n) is 8.58. The van der Waals surface area contributed by atoms with Gasteiger partial charge in [0.2, 0.25) is 10.0 Å². The maximum absolute atomic E-state index is 13.0. The summed E-state index contributed by atoms with van der Waals surface area (Å²) >= 11 is 0. The molecule has 1 fully saturated rings. The van der Waals surface area contributed by atoms with E-state index in [1.165, 1.54) is 0 Å². The second-order valence-corrected chi connectivity index (χ2v) is 10.3. The summed E-state index contributed by atoms with van der Waals surface area (Å²) in [6.45, 7) is 1.89. The van der Waals surface area contributed by atoms with Crippen molar-refractivity contribution in [1.82, 2.24) is 4.72 Å². The lowest BCUT2D eigenvalue weighted by Gasteiger charge is -2.24. The van der Waals surface area contributed by atoms with Crippen LogP contribution in [0, 0.1) is 12.8 Å². The van der Waals surface area contributed by atoms with Gasteiger partial charge in [-0.1, -0.05) is 48.0 Å². The average Bonchev–Trinajstić information content (AvgIpc) is 3.17. The number of unbranched alkanes of at least 4 members (excludes halogenated alkanes) is 1. The van der Waals surface area contributed by atoms with Gasteiger partial charge in [0.1, 0.15) is 6.10 Å². The van der Waals surface area contributed by atoms with Crippen LogP contribution in [0.2, 0.25) is 0 Å². The van der Waals surface area contributed by atoms with Crippen molar-refractivity contribution in [3.05, 3.63) is 77.9 Å². The summed E-state index contributed by atoms with van der Waals surface area (Å²) in [4.78, 5) is 23.5. The molecule has 3 atom stereocenters. The summed E-state index contributed by atoms with van der Waals surface area (Å²) in [5, 5.41) is 8.77. The number of sulfonamides is 1. The lowest BCUT2D eigenvalue weighted by atomic mass is 9.97. The van der Waals surface area contributed by atoms with E-state index in [2.05, 4.69) is 4.72 Å². The second kappa shape index (κ2) is 11.9. The Balaban J connectivity index is 1.71. The first-order valence-electron chi connectivity index (χ1n) is 11.5. The van der Waals surface area contributed by atoms with Gasteiger partial charge in [0, 0.05) is 18.4 Å². The molecule has 0 radical (unpaired) electrons. The van der Waals surface area contributed by atoms with Crippen molar-refractivity contribution < 1.29 is 27.9 Å². The highest BCUT2D eigenvalue weighted by Gasteiger charge is 2.40. The molecule has 1 saturated carbocycles. The first-order valence-corrected chi connectivity index (χ1v) is 13.0. The van der Waals surface area contributed by atoms with Crippen molar-refractivity contribution in [2.75, 3.05) is 0 Å². The molecular formula is C26H31NO6S. The minimum atomic E-state index is -3.73. The van der Waals surface area contributed by atoms with Crippen molar-refractivity contribution in [1.29, 1.82) is 0 Å². The Morgan fingerprint density at radius 2 is 1.76 bits per heavy atom. The van der Waals surface area contributed by atoms with Crippen LogP contribution >= 0.6 is 0 Å². The number of hydrogen-bond acceptors (Lipinski definition) is 5. The predicted molar refractivity (Wildman–Crippen MR) is 129 cm³/mol. The number of nitrogens with one attached hydrogen (secondary N) is 1. The van der Waals surface area contributed by atoms with Gasteiger partial charge in [-0.25, -0.2) is 17.9 Å². The number of aryl methyl sites for hydroxylation is 1. The minimum Gasteiger partial charge on any atom is -0.481 e. The zero-order chi connectivity index (χ0) is 24.6. The highest BCUT2D eigenvalue weighted by Crippen LogP contribution is 2.33. The van der Waals surface area contributed by atoms with Crippen molar-refractivity contribution in [3.8, 4) is 0 Å². The van der Waals surface area contributed by atoms with Crippen LogP contribution in [0.4, 0.5) is 0 Å². The fourth-order valence-corrected chi connectivity index (χ4v) is 5.47. The summed E-state index contributed by atoms with van der Waals surface area (Å²) in [5.74, 6) is -1.49. The largest absolute Gasteiger partial charge is 0.481 e. The van der Waals surface area contributed by atoms with Gasteiger partial charge in [0.15, 0.2) is 0 Å². The lowest BCUT2D eigenvalue weighted by molar-refractivity contribution is -0.137. The highest BCUT2D eigenvalue weighted by molar-refractivity contribution is 7.89. The van der Waals surface area contributed by atoms with Gasteiger partial charge >= 0.3 is 11.9 Å². The van der Waals surface area contributed by atoms with Gasteiger partial charge in [-0.3, -0.25) is 4.79 Å². The zero-order valence-electron chi connectivity index (χ0n) is 19.2. The number of carboxylic acids is 1. The summed E-state index contributed by atoms with van der Waals surface area (Å²) < 4.78 is 34.6. The van der Waals surface area contributed by atoms with Crippen LogP contribution < -0.4 is 4.72 Å². The molecule has 34 heavy (non-hydrogen) atoms. The Bertz CT molecular complexity index is 1100. The van der Waals surface area contributed by atoms with E-state index in [0.717, 1.165) is 5.56 Å². The monoisotopic (exact) mass is 485 g/mol. The van der Waals surface area contributed by atoms with E-state index in [1.54, 1.807) is 48.5 Å². The van der Waals surface area contributed by atoms with Crippen molar-refractivity contribution >= 4 is 22.0 Å². The van der Waals surface area contributed by atoms with Crippen LogP contribution in [-0.4, -0.2) is 37.6 Å². The van der Waals surface area contributed by atoms with Gasteiger partial charge in [0.25, 0.3) is 0 Å². The number of carboxylic acid groups (broad SMARTS) is 1. The number of hydrogen-bond donors (Lipinski definition) is 2. The molecule has 8 heteroatoms. The molecule has 0 aliphatic heterocycles. The summed E-state index contributed by atoms with van der Waals surface area (Å²) in [6.07, 6.45) is 6.27. The Hall–Kier alpha value is -2.97. The molecule has 0 aromatic heterocycles. The molecule has 1 aliphatic rings. The number of rotatable bonds is 11. The van der Waals surface area contributed by atoms with Crippen molar-refractivity contribution in [3.63, 3.8) is 0 Å². The number of aliphatic carboxylic acids is 1. The van der Waals surface area contributed by atoms with E-state index >= 15 is 0 Å². The molecule has 1 aliphatic carbocycles. The van der Waals surface area contributed by atoms with E-state index in [9.17, 15) is 18.0 Å². The van der Waals surface area contributed by atoms with E-state index < -0.39 is 28.1 Å². The zero-order valence-corrected chi connectivity index (χ0v) is 20.0. The molecule has 0 saturated heterocycles. The topological polar surface area (TPSA) is 110 Å². The van der Waals surface area contributed by atoms with E-state index in [0.29, 0.717) is 37.7 Å². The molecule has 0 heterocycles. The average molecular weight is 486 g/mol. The van der Waals surface area contributed by atoms with Crippen LogP contribution in [0.25, 0.3) is 0 Å². The third-order valence-electron chi connectivity index (χ3n) is 6.00. The molecule has 2 aromatic carbocycles. The van der Waals surface area contributed by atoms with Gasteiger partial charge in [-0.05, 0) is 63.3 Å². The maximum atomic E-state index is 13.0. The molecule has 182 valence electrons. The number of ether oxygens (including phenoxy) is 1. The molecule has 0 unspecified atom stereocenters. The molecule has 7 nitrogen and oxygen atoms in total. The molecule has 2 N–H and O–H groups in total. The Morgan fingerprint density at radius 1 is 1.06 bits per heavy atom. The predicted octanol–water partition coefficient (Wildman–Crippen LogP) is 4.48. The SMILES string of the molecule is Cc1ccc(S(=O)(=O)N[C@H]2CC[C@H](OC(=O)c3ccccc3)[C@@H]2C/C=C\CCCC(=O)O)cc1. The van der Waals surface area contributed by atoms with Crippen LogP contribution in [0.1, 0.15) is 54.4 Å². The summed E-state index contributed by atoms with van der Waals surface area (Å²) in [5.41, 5.74) is 1.42. The van der Waals surface area contributed by atoms with Crippen LogP contribution in [-0.2, 0) is 19.6 Å². The third kappa shape index (κ3) is 7.27. The normalized spacial score (nSPS) is 20.4. The van der Waals surface area contributed by atoms with Crippen molar-refractivity contribution in [2.45, 2.75) is 62.5 Å². The molecular weight excluding hydrogens is 454 g/mol.